The van der Waals surface area contributed by atoms with E-state index in [1.165, 1.54) is 4.31 Å². The molecule has 1 heterocycles. The highest BCUT2D eigenvalue weighted by molar-refractivity contribution is 9.08. The number of carbonyl (C=O) groups is 1. The summed E-state index contributed by atoms with van der Waals surface area (Å²) in [6.45, 7) is 5.99. The minimum absolute atomic E-state index is 0.239. The van der Waals surface area contributed by atoms with Crippen molar-refractivity contribution >= 4 is 32.0 Å². The van der Waals surface area contributed by atoms with Gasteiger partial charge in [-0.3, -0.25) is 0 Å². The van der Waals surface area contributed by atoms with Crippen LogP contribution < -0.4 is 5.32 Å². The maximum absolute atomic E-state index is 12.7. The number of ether oxygens (including phenoxy) is 1. The van der Waals surface area contributed by atoms with E-state index in [4.69, 9.17) is 4.74 Å². The average molecular weight is 419 g/mol. The van der Waals surface area contributed by atoms with Gasteiger partial charge in [-0.15, -0.1) is 0 Å². The standard InChI is InChI=1S/C16H23BrN2O4S/c1-16(2,3)23-15(20)18-13-8-9-19(11-13)24(21,22)14-6-4-12(10-17)5-7-14/h4-7,13H,8-11H2,1-3H3,(H,18,20)/t13-/m1/s1. The first-order valence-electron chi connectivity index (χ1n) is 7.76. The van der Waals surface area contributed by atoms with Crippen LogP contribution in [0.2, 0.25) is 0 Å². The van der Waals surface area contributed by atoms with E-state index >= 15 is 0 Å². The number of halogens is 1. The van der Waals surface area contributed by atoms with Crippen molar-refractivity contribution in [3.05, 3.63) is 29.8 Å². The molecular weight excluding hydrogens is 396 g/mol. The van der Waals surface area contributed by atoms with Crippen LogP contribution in [0.15, 0.2) is 29.2 Å². The number of hydrogen-bond acceptors (Lipinski definition) is 4. The molecule has 1 aliphatic rings. The number of benzene rings is 1. The van der Waals surface area contributed by atoms with Crippen molar-refractivity contribution < 1.29 is 17.9 Å². The number of nitrogens with zero attached hydrogens (tertiary/aromatic N) is 1. The normalized spacial score (nSPS) is 19.2. The number of hydrogen-bond donors (Lipinski definition) is 1. The van der Waals surface area contributed by atoms with Crippen LogP contribution in [0.4, 0.5) is 4.79 Å². The van der Waals surface area contributed by atoms with E-state index in [2.05, 4.69) is 21.2 Å². The van der Waals surface area contributed by atoms with Gasteiger partial charge in [0.1, 0.15) is 5.60 Å². The molecule has 0 aromatic heterocycles. The first-order valence-corrected chi connectivity index (χ1v) is 10.3. The van der Waals surface area contributed by atoms with E-state index in [1.54, 1.807) is 45.0 Å². The van der Waals surface area contributed by atoms with Crippen LogP contribution in [0.5, 0.6) is 0 Å². The van der Waals surface area contributed by atoms with Gasteiger partial charge in [0.15, 0.2) is 0 Å². The molecule has 2 rings (SSSR count). The molecule has 1 fully saturated rings. The summed E-state index contributed by atoms with van der Waals surface area (Å²) in [5.74, 6) is 0. The smallest absolute Gasteiger partial charge is 0.407 e. The average Bonchev–Trinajstić information content (AvgIpc) is 2.94. The molecule has 134 valence electrons. The first kappa shape index (κ1) is 19.2. The monoisotopic (exact) mass is 418 g/mol. The molecule has 0 aliphatic carbocycles. The van der Waals surface area contributed by atoms with Crippen molar-refractivity contribution in [3.8, 4) is 0 Å². The van der Waals surface area contributed by atoms with Crippen LogP contribution in [-0.2, 0) is 20.1 Å². The molecule has 0 bridgehead atoms. The Morgan fingerprint density at radius 3 is 2.50 bits per heavy atom. The lowest BCUT2D eigenvalue weighted by molar-refractivity contribution is 0.0507. The summed E-state index contributed by atoms with van der Waals surface area (Å²) in [4.78, 5) is 12.1. The fourth-order valence-corrected chi connectivity index (χ4v) is 4.31. The second-order valence-corrected chi connectivity index (χ2v) is 9.27. The molecule has 0 spiro atoms. The largest absolute Gasteiger partial charge is 0.444 e. The molecule has 1 atom stereocenters. The molecule has 8 heteroatoms. The van der Waals surface area contributed by atoms with Crippen LogP contribution in [-0.4, -0.2) is 43.5 Å². The van der Waals surface area contributed by atoms with E-state index in [9.17, 15) is 13.2 Å². The van der Waals surface area contributed by atoms with E-state index in [-0.39, 0.29) is 17.5 Å². The zero-order valence-corrected chi connectivity index (χ0v) is 16.5. The maximum atomic E-state index is 12.7. The van der Waals surface area contributed by atoms with Gasteiger partial charge in [0, 0.05) is 24.5 Å². The third kappa shape index (κ3) is 4.94. The molecule has 1 N–H and O–H groups in total. The van der Waals surface area contributed by atoms with Crippen molar-refractivity contribution in [3.63, 3.8) is 0 Å². The van der Waals surface area contributed by atoms with Crippen molar-refractivity contribution in [2.45, 2.75) is 49.1 Å². The lowest BCUT2D eigenvalue weighted by Gasteiger charge is -2.22. The lowest BCUT2D eigenvalue weighted by atomic mass is 10.2. The van der Waals surface area contributed by atoms with Crippen LogP contribution in [0, 0.1) is 0 Å². The van der Waals surface area contributed by atoms with Gasteiger partial charge < -0.3 is 10.1 Å². The maximum Gasteiger partial charge on any atom is 0.407 e. The van der Waals surface area contributed by atoms with Crippen molar-refractivity contribution in [2.24, 2.45) is 0 Å². The van der Waals surface area contributed by atoms with E-state index < -0.39 is 21.7 Å². The number of amides is 1. The van der Waals surface area contributed by atoms with Gasteiger partial charge in [-0.1, -0.05) is 28.1 Å². The molecule has 1 aromatic rings. The predicted octanol–water partition coefficient (Wildman–Crippen LogP) is 2.87. The minimum Gasteiger partial charge on any atom is -0.444 e. The number of sulfonamides is 1. The molecule has 1 saturated heterocycles. The number of alkyl halides is 1. The van der Waals surface area contributed by atoms with Gasteiger partial charge in [0.2, 0.25) is 10.0 Å². The SMILES string of the molecule is CC(C)(C)OC(=O)N[C@@H]1CCN(S(=O)(=O)c2ccc(CBr)cc2)C1. The highest BCUT2D eigenvalue weighted by atomic mass is 79.9. The summed E-state index contributed by atoms with van der Waals surface area (Å²) in [5.41, 5.74) is 0.436. The van der Waals surface area contributed by atoms with Gasteiger partial charge in [0.25, 0.3) is 0 Å². The summed E-state index contributed by atoms with van der Waals surface area (Å²) >= 11 is 3.34. The van der Waals surface area contributed by atoms with Gasteiger partial charge in [-0.25, -0.2) is 13.2 Å². The van der Waals surface area contributed by atoms with E-state index in [0.29, 0.717) is 18.3 Å². The molecule has 0 unspecified atom stereocenters. The third-order valence-corrected chi connectivity index (χ3v) is 6.11. The highest BCUT2D eigenvalue weighted by Gasteiger charge is 2.33. The minimum atomic E-state index is -3.54. The molecule has 24 heavy (non-hydrogen) atoms. The number of alkyl carbamates (subject to hydrolysis) is 1. The van der Waals surface area contributed by atoms with Crippen LogP contribution in [0.3, 0.4) is 0 Å². The second-order valence-electron chi connectivity index (χ2n) is 6.77. The van der Waals surface area contributed by atoms with Gasteiger partial charge in [-0.05, 0) is 44.9 Å². The quantitative estimate of drug-likeness (QED) is 0.762. The predicted molar refractivity (Wildman–Crippen MR) is 95.6 cm³/mol. The Morgan fingerprint density at radius 2 is 1.96 bits per heavy atom. The molecule has 0 radical (unpaired) electrons. The molecule has 1 aliphatic heterocycles. The van der Waals surface area contributed by atoms with Crippen molar-refractivity contribution in [1.29, 1.82) is 0 Å². The van der Waals surface area contributed by atoms with E-state index in [0.717, 1.165) is 5.56 Å². The fourth-order valence-electron chi connectivity index (χ4n) is 2.44. The molecular formula is C16H23BrN2O4S. The Balaban J connectivity index is 1.99. The van der Waals surface area contributed by atoms with Crippen molar-refractivity contribution in [2.75, 3.05) is 13.1 Å². The topological polar surface area (TPSA) is 75.7 Å². The van der Waals surface area contributed by atoms with Gasteiger partial charge >= 0.3 is 6.09 Å². The number of nitrogens with one attached hydrogen (secondary N) is 1. The van der Waals surface area contributed by atoms with Crippen LogP contribution >= 0.6 is 15.9 Å². The Morgan fingerprint density at radius 1 is 1.33 bits per heavy atom. The summed E-state index contributed by atoms with van der Waals surface area (Å²) in [7, 11) is -3.54. The summed E-state index contributed by atoms with van der Waals surface area (Å²) in [5, 5.41) is 3.41. The number of rotatable bonds is 4. The van der Waals surface area contributed by atoms with Crippen molar-refractivity contribution in [1.82, 2.24) is 9.62 Å². The summed E-state index contributed by atoms with van der Waals surface area (Å²) in [6, 6.07) is 6.56. The molecule has 0 saturated carbocycles. The molecule has 1 amide bonds. The van der Waals surface area contributed by atoms with Crippen LogP contribution in [0.25, 0.3) is 0 Å². The second kappa shape index (κ2) is 7.41. The Bertz CT molecular complexity index is 683. The van der Waals surface area contributed by atoms with Gasteiger partial charge in [-0.2, -0.15) is 4.31 Å². The Hall–Kier alpha value is -1.12. The Kier molecular flexibility index (Phi) is 5.93. The van der Waals surface area contributed by atoms with E-state index in [1.807, 2.05) is 0 Å². The fraction of sp³-hybridized carbons (Fsp3) is 0.562. The highest BCUT2D eigenvalue weighted by Crippen LogP contribution is 2.22. The zero-order chi connectivity index (χ0) is 18.0. The molecule has 6 nitrogen and oxygen atoms in total. The molecule has 1 aromatic carbocycles. The zero-order valence-electron chi connectivity index (χ0n) is 14.1. The summed E-state index contributed by atoms with van der Waals surface area (Å²) in [6.07, 6.45) is 0.0474. The first-order chi connectivity index (χ1) is 11.1. The summed E-state index contributed by atoms with van der Waals surface area (Å²) < 4.78 is 31.9. The number of carbonyl (C=O) groups excluding carboxylic acids is 1. The van der Waals surface area contributed by atoms with Gasteiger partial charge in [0.05, 0.1) is 4.90 Å². The van der Waals surface area contributed by atoms with Crippen LogP contribution in [0.1, 0.15) is 32.8 Å². The third-order valence-electron chi connectivity index (χ3n) is 3.59. The lowest BCUT2D eigenvalue weighted by Crippen LogP contribution is -2.41. The Labute approximate surface area is 151 Å².